The van der Waals surface area contributed by atoms with Crippen LogP contribution in [0.4, 0.5) is 5.82 Å². The van der Waals surface area contributed by atoms with Gasteiger partial charge < -0.3 is 0 Å². The van der Waals surface area contributed by atoms with E-state index in [0.717, 1.165) is 11.3 Å². The van der Waals surface area contributed by atoms with Crippen molar-refractivity contribution in [3.8, 4) is 0 Å². The molecule has 6 nitrogen and oxygen atoms in total. The van der Waals surface area contributed by atoms with Crippen molar-refractivity contribution in [2.24, 2.45) is 0 Å². The molecule has 1 N–H and O–H groups in total. The monoisotopic (exact) mass is 354 g/mol. The van der Waals surface area contributed by atoms with Crippen molar-refractivity contribution in [1.82, 2.24) is 14.6 Å². The largest absolute Gasteiger partial charge is 0.263 e. The lowest BCUT2D eigenvalue weighted by molar-refractivity contribution is 0.600. The summed E-state index contributed by atoms with van der Waals surface area (Å²) in [6.45, 7) is 7.44. The van der Waals surface area contributed by atoms with Crippen LogP contribution in [0.5, 0.6) is 0 Å². The molecule has 0 amide bonds. The third-order valence-corrected chi connectivity index (χ3v) is 5.39. The average Bonchev–Trinajstić information content (AvgIpc) is 3.01. The van der Waals surface area contributed by atoms with Crippen molar-refractivity contribution < 1.29 is 8.42 Å². The fourth-order valence-electron chi connectivity index (χ4n) is 2.64. The quantitative estimate of drug-likeness (QED) is 0.712. The van der Waals surface area contributed by atoms with Gasteiger partial charge in [-0.25, -0.2) is 17.9 Å². The Bertz CT molecular complexity index is 1080. The van der Waals surface area contributed by atoms with Crippen LogP contribution in [0.15, 0.2) is 66.4 Å². The van der Waals surface area contributed by atoms with E-state index >= 15 is 0 Å². The molecule has 0 radical (unpaired) electrons. The molecule has 128 valence electrons. The topological polar surface area (TPSA) is 76.4 Å². The maximum Gasteiger partial charge on any atom is 0.263 e. The molecule has 0 aliphatic rings. The smallest absolute Gasteiger partial charge is 0.261 e. The number of sulfonamides is 1. The maximum absolute atomic E-state index is 12.7. The summed E-state index contributed by atoms with van der Waals surface area (Å²) in [6, 6.07) is 10.4. The van der Waals surface area contributed by atoms with Crippen molar-refractivity contribution in [2.75, 3.05) is 4.72 Å². The van der Waals surface area contributed by atoms with Crippen LogP contribution in [-0.2, 0) is 10.0 Å². The van der Waals surface area contributed by atoms with Crippen LogP contribution in [-0.4, -0.2) is 23.0 Å². The number of allylic oxidation sites excluding steroid dienone is 3. The lowest BCUT2D eigenvalue weighted by Crippen LogP contribution is -2.16. The maximum atomic E-state index is 12.7. The number of fused-ring (bicyclic) bond motifs is 1. The number of hydrogen-bond acceptors (Lipinski definition) is 4. The molecule has 0 fully saturated rings. The van der Waals surface area contributed by atoms with Gasteiger partial charge in [0.15, 0.2) is 5.82 Å². The summed E-state index contributed by atoms with van der Waals surface area (Å²) in [4.78, 5) is 4.33. The van der Waals surface area contributed by atoms with Crippen LogP contribution < -0.4 is 4.72 Å². The molecule has 0 saturated carbocycles. The van der Waals surface area contributed by atoms with Gasteiger partial charge in [-0.1, -0.05) is 36.9 Å². The van der Waals surface area contributed by atoms with Crippen molar-refractivity contribution in [3.05, 3.63) is 72.7 Å². The molecule has 0 aliphatic carbocycles. The number of hydrogen-bond donors (Lipinski definition) is 1. The summed E-state index contributed by atoms with van der Waals surface area (Å²) in [7, 11) is -3.75. The van der Waals surface area contributed by atoms with Gasteiger partial charge >= 0.3 is 0 Å². The molecule has 1 aromatic carbocycles. The average molecular weight is 354 g/mol. The van der Waals surface area contributed by atoms with Crippen LogP contribution >= 0.6 is 0 Å². The van der Waals surface area contributed by atoms with E-state index in [1.807, 2.05) is 19.1 Å². The molecular formula is C18H18N4O2S. The molecule has 3 rings (SSSR count). The first-order valence-electron chi connectivity index (χ1n) is 7.68. The zero-order valence-electron chi connectivity index (χ0n) is 14.0. The Labute approximate surface area is 146 Å². The number of aromatic nitrogens is 3. The molecule has 25 heavy (non-hydrogen) atoms. The van der Waals surface area contributed by atoms with Gasteiger partial charge in [0, 0.05) is 0 Å². The van der Waals surface area contributed by atoms with Gasteiger partial charge in [-0.05, 0) is 43.2 Å². The summed E-state index contributed by atoms with van der Waals surface area (Å²) in [6.07, 6.45) is 4.96. The zero-order valence-corrected chi connectivity index (χ0v) is 14.8. The summed E-state index contributed by atoms with van der Waals surface area (Å²) >= 11 is 0. The highest BCUT2D eigenvalue weighted by molar-refractivity contribution is 7.92. The molecule has 0 saturated heterocycles. The van der Waals surface area contributed by atoms with Crippen molar-refractivity contribution in [3.63, 3.8) is 0 Å². The Morgan fingerprint density at radius 3 is 2.68 bits per heavy atom. The molecule has 0 atom stereocenters. The van der Waals surface area contributed by atoms with Gasteiger partial charge in [-0.3, -0.25) is 4.72 Å². The van der Waals surface area contributed by atoms with Crippen LogP contribution in [0.1, 0.15) is 18.2 Å². The summed E-state index contributed by atoms with van der Waals surface area (Å²) in [5.41, 5.74) is 2.94. The predicted octanol–water partition coefficient (Wildman–Crippen LogP) is 3.43. The lowest BCUT2D eigenvalue weighted by Gasteiger charge is -2.11. The van der Waals surface area contributed by atoms with Gasteiger partial charge in [-0.15, -0.1) is 0 Å². The summed E-state index contributed by atoms with van der Waals surface area (Å²) < 4.78 is 29.6. The minimum Gasteiger partial charge on any atom is -0.261 e. The fourth-order valence-corrected chi connectivity index (χ4v) is 3.91. The Morgan fingerprint density at radius 2 is 2.00 bits per heavy atom. The van der Waals surface area contributed by atoms with Crippen molar-refractivity contribution >= 4 is 26.9 Å². The third-order valence-electron chi connectivity index (χ3n) is 3.89. The molecule has 2 aromatic heterocycles. The normalized spacial score (nSPS) is 12.3. The molecule has 7 heteroatoms. The molecule has 0 spiro atoms. The van der Waals surface area contributed by atoms with Gasteiger partial charge in [-0.2, -0.15) is 5.10 Å². The van der Waals surface area contributed by atoms with E-state index in [4.69, 9.17) is 0 Å². The van der Waals surface area contributed by atoms with Crippen molar-refractivity contribution in [2.45, 2.75) is 18.7 Å². The van der Waals surface area contributed by atoms with E-state index in [1.165, 1.54) is 6.33 Å². The van der Waals surface area contributed by atoms with Gasteiger partial charge in [0.05, 0.1) is 10.6 Å². The second-order valence-corrected chi connectivity index (χ2v) is 7.09. The lowest BCUT2D eigenvalue weighted by atomic mass is 10.2. The number of anilines is 1. The van der Waals surface area contributed by atoms with Crippen molar-refractivity contribution in [1.29, 1.82) is 0 Å². The molecule has 3 aromatic rings. The minimum absolute atomic E-state index is 0.221. The number of rotatable bonds is 5. The summed E-state index contributed by atoms with van der Waals surface area (Å²) in [5.74, 6) is 0.226. The summed E-state index contributed by atoms with van der Waals surface area (Å²) in [5, 5.41) is 4.22. The number of nitrogens with zero attached hydrogens (tertiary/aromatic N) is 3. The van der Waals surface area contributed by atoms with E-state index in [1.54, 1.807) is 47.8 Å². The predicted molar refractivity (Wildman–Crippen MR) is 98.8 cm³/mol. The first-order valence-corrected chi connectivity index (χ1v) is 9.16. The Hall–Kier alpha value is -2.93. The molecule has 0 bridgehead atoms. The Balaban J connectivity index is 2.09. The zero-order chi connectivity index (χ0) is 18.0. The highest BCUT2D eigenvalue weighted by atomic mass is 32.2. The first-order chi connectivity index (χ1) is 12.0. The first kappa shape index (κ1) is 16.9. The fraction of sp³-hybridized carbons (Fsp3) is 0.111. The standard InChI is InChI=1S/C18H18N4O2S/c1-4-14(5-2)15-10-11-16-18(19-12-20-22(15)16)21-25(23,24)17-9-7-6-8-13(17)3/h4-12H,1H2,2-3H3,(H,19,20,21)/b14-5+. The van der Waals surface area contributed by atoms with E-state index in [2.05, 4.69) is 21.4 Å². The van der Waals surface area contributed by atoms with Crippen LogP contribution in [0.25, 0.3) is 11.1 Å². The Morgan fingerprint density at radius 1 is 1.24 bits per heavy atom. The van der Waals surface area contributed by atoms with E-state index in [-0.39, 0.29) is 10.7 Å². The van der Waals surface area contributed by atoms with E-state index in [9.17, 15) is 8.42 Å². The molecule has 0 aliphatic heterocycles. The van der Waals surface area contributed by atoms with Gasteiger partial charge in [0.2, 0.25) is 0 Å². The van der Waals surface area contributed by atoms with E-state index < -0.39 is 10.0 Å². The van der Waals surface area contributed by atoms with Crippen LogP contribution in [0.2, 0.25) is 0 Å². The molecule has 2 heterocycles. The highest BCUT2D eigenvalue weighted by Crippen LogP contribution is 2.24. The van der Waals surface area contributed by atoms with Gasteiger partial charge in [0.1, 0.15) is 11.8 Å². The SMILES string of the molecule is C=C/C(=C\C)c1ccc2c(NS(=O)(=O)c3ccccc3C)ncnn12. The Kier molecular flexibility index (Phi) is 4.41. The number of aryl methyl sites for hydroxylation is 1. The second-order valence-electron chi connectivity index (χ2n) is 5.44. The van der Waals surface area contributed by atoms with Crippen LogP contribution in [0, 0.1) is 6.92 Å². The number of benzene rings is 1. The molecule has 0 unspecified atom stereocenters. The van der Waals surface area contributed by atoms with Crippen LogP contribution in [0.3, 0.4) is 0 Å². The molecular weight excluding hydrogens is 336 g/mol. The highest BCUT2D eigenvalue weighted by Gasteiger charge is 2.19. The minimum atomic E-state index is -3.75. The van der Waals surface area contributed by atoms with E-state index in [0.29, 0.717) is 11.1 Å². The third kappa shape index (κ3) is 3.06. The number of nitrogens with one attached hydrogen (secondary N) is 1. The second kappa shape index (κ2) is 6.52. The van der Waals surface area contributed by atoms with Gasteiger partial charge in [0.25, 0.3) is 10.0 Å².